The molecule has 0 fully saturated rings. The van der Waals surface area contributed by atoms with Crippen molar-refractivity contribution in [3.05, 3.63) is 21.1 Å². The quantitative estimate of drug-likeness (QED) is 0.548. The number of nitrogens with one attached hydrogen (secondary N) is 1. The first-order chi connectivity index (χ1) is 5.15. The molecule has 60 valence electrons. The number of rotatable bonds is 2. The van der Waals surface area contributed by atoms with Crippen LogP contribution in [0.3, 0.4) is 0 Å². The summed E-state index contributed by atoms with van der Waals surface area (Å²) in [7, 11) is 1.75. The van der Waals surface area contributed by atoms with Gasteiger partial charge in [-0.15, -0.1) is 11.3 Å². The van der Waals surface area contributed by atoms with Gasteiger partial charge < -0.3 is 5.32 Å². The first-order valence-corrected chi connectivity index (χ1v) is 3.89. The van der Waals surface area contributed by atoms with Gasteiger partial charge in [-0.2, -0.15) is 0 Å². The molecule has 1 heterocycles. The third-order valence-electron chi connectivity index (χ3n) is 1.33. The summed E-state index contributed by atoms with van der Waals surface area (Å²) in [4.78, 5) is 10.7. The van der Waals surface area contributed by atoms with E-state index in [2.05, 4.69) is 5.32 Å². The molecule has 0 unspecified atom stereocenters. The maximum atomic E-state index is 10.3. The fraction of sp³-hybridized carbons (Fsp3) is 0.333. The number of hydrogen-bond acceptors (Lipinski definition) is 4. The molecule has 4 nitrogen and oxygen atoms in total. The molecule has 0 amide bonds. The smallest absolute Gasteiger partial charge is 0.285 e. The van der Waals surface area contributed by atoms with Gasteiger partial charge in [0.2, 0.25) is 0 Å². The molecule has 0 radical (unpaired) electrons. The topological polar surface area (TPSA) is 55.2 Å². The highest BCUT2D eigenvalue weighted by Gasteiger charge is 2.13. The Balaban J connectivity index is 3.07. The van der Waals surface area contributed by atoms with Crippen molar-refractivity contribution in [3.63, 3.8) is 0 Å². The Morgan fingerprint density at radius 3 is 2.64 bits per heavy atom. The Morgan fingerprint density at radius 1 is 1.73 bits per heavy atom. The highest BCUT2D eigenvalue weighted by molar-refractivity contribution is 7.16. The van der Waals surface area contributed by atoms with Gasteiger partial charge in [-0.1, -0.05) is 0 Å². The monoisotopic (exact) mass is 172 g/mol. The number of nitro groups is 1. The molecule has 1 aromatic heterocycles. The van der Waals surface area contributed by atoms with E-state index in [1.807, 2.05) is 0 Å². The van der Waals surface area contributed by atoms with E-state index in [0.717, 1.165) is 9.88 Å². The van der Waals surface area contributed by atoms with Crippen molar-refractivity contribution in [2.24, 2.45) is 0 Å². The maximum Gasteiger partial charge on any atom is 0.285 e. The van der Waals surface area contributed by atoms with Crippen molar-refractivity contribution >= 4 is 22.0 Å². The molecule has 11 heavy (non-hydrogen) atoms. The van der Waals surface area contributed by atoms with Gasteiger partial charge in [0.05, 0.1) is 20.9 Å². The minimum absolute atomic E-state index is 0.194. The second kappa shape index (κ2) is 2.87. The highest BCUT2D eigenvalue weighted by Crippen LogP contribution is 2.31. The van der Waals surface area contributed by atoms with E-state index in [-0.39, 0.29) is 10.6 Å². The predicted octanol–water partition coefficient (Wildman–Crippen LogP) is 2.01. The molecular formula is C6H8N2O2S. The molecule has 0 saturated carbocycles. The summed E-state index contributed by atoms with van der Waals surface area (Å²) in [6, 6.07) is 1.54. The van der Waals surface area contributed by atoms with Crippen molar-refractivity contribution in [1.82, 2.24) is 0 Å². The molecule has 1 N–H and O–H groups in total. The van der Waals surface area contributed by atoms with Gasteiger partial charge in [0, 0.05) is 7.05 Å². The van der Waals surface area contributed by atoms with Gasteiger partial charge in [0.1, 0.15) is 0 Å². The van der Waals surface area contributed by atoms with Crippen LogP contribution in [0.4, 0.5) is 10.7 Å². The summed E-state index contributed by atoms with van der Waals surface area (Å²) in [5.74, 6) is 0. The first kappa shape index (κ1) is 8.00. The average Bonchev–Trinajstić information content (AvgIpc) is 2.30. The van der Waals surface area contributed by atoms with Crippen molar-refractivity contribution in [3.8, 4) is 0 Å². The van der Waals surface area contributed by atoms with Crippen LogP contribution in [0.15, 0.2) is 6.07 Å². The van der Waals surface area contributed by atoms with Gasteiger partial charge in [-0.25, -0.2) is 0 Å². The molecule has 1 aromatic rings. The third-order valence-corrected chi connectivity index (χ3v) is 2.39. The largest absolute Gasteiger partial charge is 0.380 e. The number of thiophene rings is 1. The zero-order chi connectivity index (χ0) is 8.43. The lowest BCUT2D eigenvalue weighted by molar-refractivity contribution is -0.385. The standard InChI is InChI=1S/C6H8N2O2S/c1-4-5(8(9)10)3-6(7-2)11-4/h3,7H,1-2H3. The van der Waals surface area contributed by atoms with Gasteiger partial charge in [-0.05, 0) is 6.92 Å². The molecule has 0 bridgehead atoms. The van der Waals surface area contributed by atoms with Crippen LogP contribution in [0, 0.1) is 17.0 Å². The summed E-state index contributed by atoms with van der Waals surface area (Å²) < 4.78 is 0. The van der Waals surface area contributed by atoms with E-state index < -0.39 is 0 Å². The summed E-state index contributed by atoms with van der Waals surface area (Å²) in [5, 5.41) is 14.0. The minimum Gasteiger partial charge on any atom is -0.380 e. The van der Waals surface area contributed by atoms with Gasteiger partial charge in [0.15, 0.2) is 0 Å². The summed E-state index contributed by atoms with van der Waals surface area (Å²) in [5.41, 5.74) is 0.194. The van der Waals surface area contributed by atoms with Gasteiger partial charge in [-0.3, -0.25) is 10.1 Å². The predicted molar refractivity (Wildman–Crippen MR) is 45.3 cm³/mol. The number of nitrogens with zero attached hydrogens (tertiary/aromatic N) is 1. The van der Waals surface area contributed by atoms with Crippen LogP contribution in [-0.2, 0) is 0 Å². The molecule has 5 heteroatoms. The van der Waals surface area contributed by atoms with Crippen LogP contribution < -0.4 is 5.32 Å². The van der Waals surface area contributed by atoms with Crippen LogP contribution >= 0.6 is 11.3 Å². The van der Waals surface area contributed by atoms with Crippen LogP contribution in [0.5, 0.6) is 0 Å². The fourth-order valence-electron chi connectivity index (χ4n) is 0.777. The zero-order valence-corrected chi connectivity index (χ0v) is 7.07. The van der Waals surface area contributed by atoms with E-state index >= 15 is 0 Å². The Morgan fingerprint density at radius 2 is 2.36 bits per heavy atom. The second-order valence-electron chi connectivity index (χ2n) is 2.06. The Labute approximate surface area is 68.0 Å². The summed E-state index contributed by atoms with van der Waals surface area (Å²) in [6.45, 7) is 1.74. The Kier molecular flexibility index (Phi) is 2.09. The molecule has 0 spiro atoms. The van der Waals surface area contributed by atoms with Crippen LogP contribution in [-0.4, -0.2) is 12.0 Å². The first-order valence-electron chi connectivity index (χ1n) is 3.07. The molecule has 0 aliphatic carbocycles. The lowest BCUT2D eigenvalue weighted by Crippen LogP contribution is -1.86. The number of anilines is 1. The molecule has 1 rings (SSSR count). The lowest BCUT2D eigenvalue weighted by Gasteiger charge is -1.86. The summed E-state index contributed by atoms with van der Waals surface area (Å²) in [6.07, 6.45) is 0. The average molecular weight is 172 g/mol. The van der Waals surface area contributed by atoms with Gasteiger partial charge >= 0.3 is 0 Å². The lowest BCUT2D eigenvalue weighted by atomic mass is 10.4. The van der Waals surface area contributed by atoms with Crippen LogP contribution in [0.25, 0.3) is 0 Å². The van der Waals surface area contributed by atoms with E-state index in [4.69, 9.17) is 0 Å². The Bertz CT molecular complexity index is 282. The second-order valence-corrected chi connectivity index (χ2v) is 3.32. The zero-order valence-electron chi connectivity index (χ0n) is 6.25. The number of aryl methyl sites for hydroxylation is 1. The number of hydrogen-bond donors (Lipinski definition) is 1. The molecule has 0 aromatic carbocycles. The highest BCUT2D eigenvalue weighted by atomic mass is 32.1. The molecule has 0 atom stereocenters. The molecule has 0 saturated heterocycles. The third kappa shape index (κ3) is 1.48. The van der Waals surface area contributed by atoms with E-state index in [1.54, 1.807) is 20.0 Å². The fourth-order valence-corrected chi connectivity index (χ4v) is 1.62. The minimum atomic E-state index is -0.368. The van der Waals surface area contributed by atoms with Crippen LogP contribution in [0.1, 0.15) is 4.88 Å². The van der Waals surface area contributed by atoms with Gasteiger partial charge in [0.25, 0.3) is 5.69 Å². The van der Waals surface area contributed by atoms with E-state index in [9.17, 15) is 10.1 Å². The van der Waals surface area contributed by atoms with Crippen molar-refractivity contribution in [2.45, 2.75) is 6.92 Å². The molecular weight excluding hydrogens is 164 g/mol. The van der Waals surface area contributed by atoms with E-state index in [0.29, 0.717) is 0 Å². The Hall–Kier alpha value is -1.10. The van der Waals surface area contributed by atoms with Crippen LogP contribution in [0.2, 0.25) is 0 Å². The summed E-state index contributed by atoms with van der Waals surface area (Å²) >= 11 is 1.39. The normalized spacial score (nSPS) is 9.64. The van der Waals surface area contributed by atoms with Crippen molar-refractivity contribution < 1.29 is 4.92 Å². The SMILES string of the molecule is CNc1cc([N+](=O)[O-])c(C)s1. The molecule has 0 aliphatic rings. The van der Waals surface area contributed by atoms with Crippen molar-refractivity contribution in [2.75, 3.05) is 12.4 Å². The van der Waals surface area contributed by atoms with Crippen molar-refractivity contribution in [1.29, 1.82) is 0 Å². The van der Waals surface area contributed by atoms with E-state index in [1.165, 1.54) is 11.3 Å². The maximum absolute atomic E-state index is 10.3. The molecule has 0 aliphatic heterocycles.